The van der Waals surface area contributed by atoms with Gasteiger partial charge in [0.05, 0.1) is 0 Å². The van der Waals surface area contributed by atoms with Crippen LogP contribution in [0.2, 0.25) is 5.31 Å². The van der Waals surface area contributed by atoms with Gasteiger partial charge in [-0.15, -0.1) is 0 Å². The lowest BCUT2D eigenvalue weighted by molar-refractivity contribution is 0.201. The highest BCUT2D eigenvalue weighted by Crippen LogP contribution is 2.46. The molecule has 1 aliphatic carbocycles. The van der Waals surface area contributed by atoms with Crippen molar-refractivity contribution in [1.82, 2.24) is 4.90 Å². The highest BCUT2D eigenvalue weighted by atomic mass is 15.2. The first-order chi connectivity index (χ1) is 8.98. The molecule has 108 valence electrons. The quantitative estimate of drug-likeness (QED) is 0.698. The second kappa shape index (κ2) is 5.89. The lowest BCUT2D eigenvalue weighted by Crippen LogP contribution is -2.49. The largest absolute Gasteiger partial charge is 0.357 e. The minimum Gasteiger partial charge on any atom is -0.357 e. The third kappa shape index (κ3) is 3.17. The second-order valence-electron chi connectivity index (χ2n) is 7.45. The van der Waals surface area contributed by atoms with Gasteiger partial charge in [-0.1, -0.05) is 38.4 Å². The van der Waals surface area contributed by atoms with Crippen molar-refractivity contribution in [3.8, 4) is 0 Å². The topological polar surface area (TPSA) is 15.6 Å². The Kier molecular flexibility index (Phi) is 4.63. The Hall–Kier alpha value is -0.465. The Bertz CT molecular complexity index is 338. The maximum Gasteiger partial charge on any atom is 0.109 e. The summed E-state index contributed by atoms with van der Waals surface area (Å²) < 4.78 is 0. The Balaban J connectivity index is 2.19. The van der Waals surface area contributed by atoms with Gasteiger partial charge in [-0.3, -0.25) is 4.99 Å². The van der Waals surface area contributed by atoms with Crippen LogP contribution < -0.4 is 0 Å². The first-order valence-electron chi connectivity index (χ1n) is 8.22. The molecule has 1 heterocycles. The molecule has 0 spiro atoms. The molecular formula is C16H31BN2. The van der Waals surface area contributed by atoms with Crippen LogP contribution in [0.4, 0.5) is 0 Å². The molecule has 0 aromatic carbocycles. The summed E-state index contributed by atoms with van der Waals surface area (Å²) in [6.45, 7) is 8.32. The van der Waals surface area contributed by atoms with Gasteiger partial charge in [-0.25, -0.2) is 0 Å². The summed E-state index contributed by atoms with van der Waals surface area (Å²) in [7, 11) is 4.46. The van der Waals surface area contributed by atoms with E-state index in [1.807, 2.05) is 7.05 Å². The molecule has 0 aromatic heterocycles. The molecule has 0 radical (unpaired) electrons. The molecule has 1 aliphatic heterocycles. The number of aliphatic imine (C=N–C) groups is 1. The van der Waals surface area contributed by atoms with Crippen molar-refractivity contribution in [2.45, 2.75) is 70.7 Å². The number of amidine groups is 1. The lowest BCUT2D eigenvalue weighted by atomic mass is 9.62. The minimum atomic E-state index is 0.539. The Labute approximate surface area is 120 Å². The number of likely N-dealkylation sites (tertiary alicyclic amines) is 1. The molecule has 0 bridgehead atoms. The van der Waals surface area contributed by atoms with Crippen LogP contribution in [0.5, 0.6) is 0 Å². The Morgan fingerprint density at radius 2 is 2.21 bits per heavy atom. The molecular weight excluding hydrogens is 231 g/mol. The molecule has 4 unspecified atom stereocenters. The van der Waals surface area contributed by atoms with Gasteiger partial charge in [0.2, 0.25) is 0 Å². The Morgan fingerprint density at radius 3 is 2.84 bits per heavy atom. The van der Waals surface area contributed by atoms with Crippen molar-refractivity contribution in [2.75, 3.05) is 13.6 Å². The summed E-state index contributed by atoms with van der Waals surface area (Å²) >= 11 is 0. The number of piperidine rings is 1. The molecule has 3 heteroatoms. The predicted molar refractivity (Wildman–Crippen MR) is 86.8 cm³/mol. The molecule has 0 amide bonds. The zero-order valence-electron chi connectivity index (χ0n) is 13.6. The van der Waals surface area contributed by atoms with Crippen LogP contribution in [0, 0.1) is 11.8 Å². The maximum atomic E-state index is 4.71. The Morgan fingerprint density at radius 1 is 1.47 bits per heavy atom. The van der Waals surface area contributed by atoms with E-state index in [0.29, 0.717) is 11.4 Å². The number of nitrogens with zero attached hydrogens (tertiary/aromatic N) is 2. The highest BCUT2D eigenvalue weighted by Gasteiger charge is 2.39. The fourth-order valence-electron chi connectivity index (χ4n) is 4.23. The molecule has 2 rings (SSSR count). The minimum absolute atomic E-state index is 0.539. The predicted octanol–water partition coefficient (Wildman–Crippen LogP) is 3.14. The number of hydrogen-bond donors (Lipinski definition) is 0. The number of hydrogen-bond acceptors (Lipinski definition) is 1. The van der Waals surface area contributed by atoms with E-state index in [2.05, 4.69) is 33.5 Å². The molecule has 1 saturated heterocycles. The first kappa shape index (κ1) is 14.9. The van der Waals surface area contributed by atoms with Gasteiger partial charge in [-0.05, 0) is 32.1 Å². The van der Waals surface area contributed by atoms with Crippen molar-refractivity contribution < 1.29 is 0 Å². The molecule has 2 aliphatic rings. The summed E-state index contributed by atoms with van der Waals surface area (Å²) in [6.07, 6.45) is 8.11. The smallest absolute Gasteiger partial charge is 0.109 e. The van der Waals surface area contributed by atoms with Crippen molar-refractivity contribution in [1.29, 1.82) is 0 Å². The summed E-state index contributed by atoms with van der Waals surface area (Å²) in [5.41, 5.74) is 0. The summed E-state index contributed by atoms with van der Waals surface area (Å²) in [4.78, 5) is 7.31. The standard InChI is InChI=1S/C16H31BN2/c1-5-12(2)19-10-8-13-11-16(3,17)9-6-7-14(13)15(19)18-4/h12-14H,5-11,17H2,1-4H3/b18-15-. The van der Waals surface area contributed by atoms with Crippen LogP contribution in [0.25, 0.3) is 0 Å². The highest BCUT2D eigenvalue weighted by molar-refractivity contribution is 6.14. The monoisotopic (exact) mass is 262 g/mol. The van der Waals surface area contributed by atoms with E-state index in [1.165, 1.54) is 50.9 Å². The number of rotatable bonds is 2. The van der Waals surface area contributed by atoms with Crippen LogP contribution in [-0.2, 0) is 0 Å². The van der Waals surface area contributed by atoms with Crippen LogP contribution in [0.1, 0.15) is 59.3 Å². The molecule has 2 nitrogen and oxygen atoms in total. The summed E-state index contributed by atoms with van der Waals surface area (Å²) in [5, 5.41) is 0.539. The zero-order valence-corrected chi connectivity index (χ0v) is 13.6. The van der Waals surface area contributed by atoms with E-state index in [9.17, 15) is 0 Å². The molecule has 1 saturated carbocycles. The van der Waals surface area contributed by atoms with E-state index in [4.69, 9.17) is 4.99 Å². The van der Waals surface area contributed by atoms with E-state index in [0.717, 1.165) is 11.8 Å². The van der Waals surface area contributed by atoms with Gasteiger partial charge in [-0.2, -0.15) is 0 Å². The van der Waals surface area contributed by atoms with Crippen molar-refractivity contribution in [2.24, 2.45) is 16.8 Å². The fraction of sp³-hybridized carbons (Fsp3) is 0.938. The lowest BCUT2D eigenvalue weighted by Gasteiger charge is -2.44. The summed E-state index contributed by atoms with van der Waals surface area (Å²) in [5.74, 6) is 3.02. The zero-order chi connectivity index (χ0) is 14.0. The third-order valence-electron chi connectivity index (χ3n) is 5.47. The normalized spacial score (nSPS) is 39.8. The van der Waals surface area contributed by atoms with E-state index < -0.39 is 0 Å². The fourth-order valence-corrected chi connectivity index (χ4v) is 4.23. The van der Waals surface area contributed by atoms with Crippen LogP contribution in [-0.4, -0.2) is 38.2 Å². The van der Waals surface area contributed by atoms with Gasteiger partial charge in [0.1, 0.15) is 13.7 Å². The van der Waals surface area contributed by atoms with Gasteiger partial charge in [0.15, 0.2) is 0 Å². The summed E-state index contributed by atoms with van der Waals surface area (Å²) in [6, 6.07) is 0.649. The average molecular weight is 262 g/mol. The maximum absolute atomic E-state index is 4.71. The van der Waals surface area contributed by atoms with Crippen LogP contribution >= 0.6 is 0 Å². The van der Waals surface area contributed by atoms with Gasteiger partial charge >= 0.3 is 0 Å². The van der Waals surface area contributed by atoms with Gasteiger partial charge in [0, 0.05) is 25.6 Å². The van der Waals surface area contributed by atoms with Crippen molar-refractivity contribution in [3.63, 3.8) is 0 Å². The van der Waals surface area contributed by atoms with Crippen LogP contribution in [0.3, 0.4) is 0 Å². The first-order valence-corrected chi connectivity index (χ1v) is 8.22. The molecule has 0 aromatic rings. The van der Waals surface area contributed by atoms with Crippen molar-refractivity contribution in [3.05, 3.63) is 0 Å². The molecule has 0 N–H and O–H groups in total. The van der Waals surface area contributed by atoms with Gasteiger partial charge < -0.3 is 4.90 Å². The van der Waals surface area contributed by atoms with Gasteiger partial charge in [0.25, 0.3) is 0 Å². The molecule has 4 atom stereocenters. The molecule has 19 heavy (non-hydrogen) atoms. The number of fused-ring (bicyclic) bond motifs is 1. The van der Waals surface area contributed by atoms with E-state index in [1.54, 1.807) is 0 Å². The average Bonchev–Trinajstić information content (AvgIpc) is 2.53. The van der Waals surface area contributed by atoms with E-state index in [-0.39, 0.29) is 0 Å². The van der Waals surface area contributed by atoms with E-state index >= 15 is 0 Å². The third-order valence-corrected chi connectivity index (χ3v) is 5.47. The van der Waals surface area contributed by atoms with Crippen molar-refractivity contribution >= 4 is 13.7 Å². The SMILES string of the molecule is BC1(C)CCCC2/C(=N/C)N(C(C)CC)CCC2C1. The van der Waals surface area contributed by atoms with Crippen LogP contribution in [0.15, 0.2) is 4.99 Å². The molecule has 2 fully saturated rings. The second-order valence-corrected chi connectivity index (χ2v) is 7.45.